The topological polar surface area (TPSA) is 82.2 Å². The minimum absolute atomic E-state index is 0.0203. The molecule has 158 valence electrons. The molecule has 2 aromatic carbocycles. The Labute approximate surface area is 174 Å². The lowest BCUT2D eigenvalue weighted by Gasteiger charge is -2.05. The van der Waals surface area contributed by atoms with Crippen LogP contribution in [0.4, 0.5) is 19.1 Å². The molecule has 0 aliphatic heterocycles. The molecular weight excluding hydrogens is 413 g/mol. The summed E-state index contributed by atoms with van der Waals surface area (Å²) in [5.41, 5.74) is 0.817. The first-order chi connectivity index (χ1) is 15.0. The molecule has 4 rings (SSSR count). The molecule has 0 bridgehead atoms. The molecule has 0 fully saturated rings. The van der Waals surface area contributed by atoms with Crippen LogP contribution in [0.1, 0.15) is 21.9 Å². The molecule has 0 aliphatic carbocycles. The second kappa shape index (κ2) is 8.74. The second-order valence-corrected chi connectivity index (χ2v) is 6.48. The Kier molecular flexibility index (Phi) is 5.69. The highest BCUT2D eigenvalue weighted by atomic mass is 19.1. The number of nitrogens with one attached hydrogen (secondary N) is 1. The van der Waals surface area contributed by atoms with Crippen molar-refractivity contribution in [1.82, 2.24) is 14.8 Å². The Morgan fingerprint density at radius 1 is 1.03 bits per heavy atom. The molecule has 0 atom stereocenters. The van der Waals surface area contributed by atoms with Crippen LogP contribution in [-0.4, -0.2) is 20.7 Å². The lowest BCUT2D eigenvalue weighted by Crippen LogP contribution is -2.12. The second-order valence-electron chi connectivity index (χ2n) is 6.48. The summed E-state index contributed by atoms with van der Waals surface area (Å²) in [5.74, 6) is -2.30. The van der Waals surface area contributed by atoms with E-state index >= 15 is 0 Å². The normalized spacial score (nSPS) is 10.8. The summed E-state index contributed by atoms with van der Waals surface area (Å²) in [6, 6.07) is 11.8. The van der Waals surface area contributed by atoms with E-state index in [-0.39, 0.29) is 35.6 Å². The number of benzene rings is 2. The summed E-state index contributed by atoms with van der Waals surface area (Å²) in [4.78, 5) is 16.3. The molecule has 0 aliphatic rings. The third-order valence-corrected chi connectivity index (χ3v) is 4.17. The number of carbonyl (C=O) groups excluding carboxylic acids is 1. The highest BCUT2D eigenvalue weighted by Gasteiger charge is 2.15. The van der Waals surface area contributed by atoms with Gasteiger partial charge in [-0.2, -0.15) is 0 Å². The van der Waals surface area contributed by atoms with Gasteiger partial charge in [0.25, 0.3) is 5.91 Å². The number of hydrogen-bond acceptors (Lipinski definition) is 5. The molecule has 4 aromatic rings. The first-order valence-corrected chi connectivity index (χ1v) is 9.08. The van der Waals surface area contributed by atoms with Crippen LogP contribution in [0, 0.1) is 17.5 Å². The zero-order valence-corrected chi connectivity index (χ0v) is 15.9. The van der Waals surface area contributed by atoms with E-state index in [2.05, 4.69) is 15.4 Å². The lowest BCUT2D eigenvalue weighted by atomic mass is 10.2. The molecule has 1 amide bonds. The van der Waals surface area contributed by atoms with Crippen LogP contribution in [0.2, 0.25) is 0 Å². The van der Waals surface area contributed by atoms with Gasteiger partial charge in [0.1, 0.15) is 30.3 Å². The molecule has 0 saturated carbocycles. The van der Waals surface area contributed by atoms with Gasteiger partial charge in [0, 0.05) is 6.07 Å². The van der Waals surface area contributed by atoms with Crippen LogP contribution >= 0.6 is 0 Å². The van der Waals surface area contributed by atoms with Crippen LogP contribution in [-0.2, 0) is 13.2 Å². The minimum Gasteiger partial charge on any atom is -0.483 e. The Morgan fingerprint density at radius 2 is 1.81 bits per heavy atom. The zero-order chi connectivity index (χ0) is 21.8. The number of carbonyl (C=O) groups is 1. The van der Waals surface area contributed by atoms with E-state index in [0.29, 0.717) is 12.6 Å². The van der Waals surface area contributed by atoms with Crippen molar-refractivity contribution in [2.45, 2.75) is 13.2 Å². The maximum atomic E-state index is 13.6. The number of furan rings is 1. The number of nitrogens with zero attached hydrogens (tertiary/aromatic N) is 3. The Bertz CT molecular complexity index is 1200. The van der Waals surface area contributed by atoms with Crippen molar-refractivity contribution in [1.29, 1.82) is 0 Å². The zero-order valence-electron chi connectivity index (χ0n) is 15.9. The van der Waals surface area contributed by atoms with Gasteiger partial charge in [0.2, 0.25) is 5.95 Å². The van der Waals surface area contributed by atoms with E-state index in [0.717, 1.165) is 17.7 Å². The van der Waals surface area contributed by atoms with Crippen molar-refractivity contribution in [2.75, 3.05) is 5.32 Å². The van der Waals surface area contributed by atoms with Gasteiger partial charge in [-0.1, -0.05) is 12.1 Å². The number of hydrogen-bond donors (Lipinski definition) is 1. The Balaban J connectivity index is 1.33. The summed E-state index contributed by atoms with van der Waals surface area (Å²) >= 11 is 0. The summed E-state index contributed by atoms with van der Waals surface area (Å²) in [5, 5.41) is 6.63. The first-order valence-electron chi connectivity index (χ1n) is 9.08. The summed E-state index contributed by atoms with van der Waals surface area (Å²) in [6.07, 6.45) is 1.43. The molecule has 0 spiro atoms. The summed E-state index contributed by atoms with van der Waals surface area (Å²) < 4.78 is 51.6. The molecule has 2 heterocycles. The van der Waals surface area contributed by atoms with Gasteiger partial charge in [-0.25, -0.2) is 22.8 Å². The smallest absolute Gasteiger partial charge is 0.293 e. The molecule has 0 radical (unpaired) electrons. The van der Waals surface area contributed by atoms with Crippen molar-refractivity contribution in [3.63, 3.8) is 0 Å². The van der Waals surface area contributed by atoms with Gasteiger partial charge in [-0.3, -0.25) is 10.1 Å². The van der Waals surface area contributed by atoms with Crippen LogP contribution < -0.4 is 10.1 Å². The number of anilines is 1. The monoisotopic (exact) mass is 428 g/mol. The van der Waals surface area contributed by atoms with Crippen molar-refractivity contribution >= 4 is 11.9 Å². The Morgan fingerprint density at radius 3 is 2.58 bits per heavy atom. The quantitative estimate of drug-likeness (QED) is 0.478. The van der Waals surface area contributed by atoms with Crippen LogP contribution in [0.15, 0.2) is 65.3 Å². The van der Waals surface area contributed by atoms with Crippen LogP contribution in [0.25, 0.3) is 0 Å². The molecule has 0 saturated heterocycles. The molecule has 2 aromatic heterocycles. The van der Waals surface area contributed by atoms with Crippen molar-refractivity contribution in [2.24, 2.45) is 0 Å². The molecular formula is C21H15F3N4O3. The first kappa shape index (κ1) is 20.2. The van der Waals surface area contributed by atoms with Crippen LogP contribution in [0.3, 0.4) is 0 Å². The molecule has 0 unspecified atom stereocenters. The minimum atomic E-state index is -0.841. The molecule has 7 nitrogen and oxygen atoms in total. The van der Waals surface area contributed by atoms with E-state index < -0.39 is 17.5 Å². The maximum absolute atomic E-state index is 13.6. The van der Waals surface area contributed by atoms with Gasteiger partial charge in [0.05, 0.1) is 6.54 Å². The van der Waals surface area contributed by atoms with Crippen LogP contribution in [0.5, 0.6) is 5.75 Å². The standard InChI is InChI=1S/C21H15F3N4O3/c22-14-3-1-13(2-4-14)10-28-12-25-21(27-28)26-20(29)19-8-6-16(31-19)11-30-18-7-5-15(23)9-17(18)24/h1-9,12H,10-11H2,(H,26,27,29). The summed E-state index contributed by atoms with van der Waals surface area (Å²) in [6.45, 7) is 0.200. The van der Waals surface area contributed by atoms with E-state index in [4.69, 9.17) is 9.15 Å². The van der Waals surface area contributed by atoms with E-state index in [9.17, 15) is 18.0 Å². The SMILES string of the molecule is O=C(Nc1ncn(Cc2ccc(F)cc2)n1)c1ccc(COc2ccc(F)cc2F)o1. The van der Waals surface area contributed by atoms with Gasteiger partial charge >= 0.3 is 0 Å². The molecule has 10 heteroatoms. The maximum Gasteiger partial charge on any atom is 0.293 e. The predicted molar refractivity (Wildman–Crippen MR) is 103 cm³/mol. The van der Waals surface area contributed by atoms with Gasteiger partial charge in [-0.15, -0.1) is 5.10 Å². The van der Waals surface area contributed by atoms with Crippen molar-refractivity contribution < 1.29 is 27.1 Å². The van der Waals surface area contributed by atoms with Gasteiger partial charge in [-0.05, 0) is 42.0 Å². The van der Waals surface area contributed by atoms with Gasteiger partial charge in [0.15, 0.2) is 17.3 Å². The van der Waals surface area contributed by atoms with Crippen molar-refractivity contribution in [3.8, 4) is 5.75 Å². The number of rotatable bonds is 7. The fraction of sp³-hybridized carbons (Fsp3) is 0.0952. The third-order valence-electron chi connectivity index (χ3n) is 4.17. The predicted octanol–water partition coefficient (Wildman–Crippen LogP) is 4.17. The number of aromatic nitrogens is 3. The lowest BCUT2D eigenvalue weighted by molar-refractivity contribution is 0.0991. The Hall–Kier alpha value is -4.08. The summed E-state index contributed by atoms with van der Waals surface area (Å²) in [7, 11) is 0. The fourth-order valence-electron chi connectivity index (χ4n) is 2.69. The number of halogens is 3. The highest BCUT2D eigenvalue weighted by Crippen LogP contribution is 2.20. The number of ether oxygens (including phenoxy) is 1. The van der Waals surface area contributed by atoms with E-state index in [1.54, 1.807) is 12.1 Å². The largest absolute Gasteiger partial charge is 0.483 e. The highest BCUT2D eigenvalue weighted by molar-refractivity contribution is 6.01. The van der Waals surface area contributed by atoms with Gasteiger partial charge < -0.3 is 9.15 Å². The molecule has 1 N–H and O–H groups in total. The third kappa shape index (κ3) is 5.10. The average molecular weight is 428 g/mol. The van der Waals surface area contributed by atoms with E-state index in [1.165, 1.54) is 35.3 Å². The van der Waals surface area contributed by atoms with E-state index in [1.807, 2.05) is 0 Å². The fourth-order valence-corrected chi connectivity index (χ4v) is 2.69. The molecule has 31 heavy (non-hydrogen) atoms. The van der Waals surface area contributed by atoms with Crippen molar-refractivity contribution in [3.05, 3.63) is 95.5 Å². The average Bonchev–Trinajstić information content (AvgIpc) is 3.39. The number of amides is 1.